The molecule has 174 valence electrons. The molecule has 1 N–H and O–H groups in total. The van der Waals surface area contributed by atoms with Crippen LogP contribution in [0, 0.1) is 13.8 Å². The van der Waals surface area contributed by atoms with Gasteiger partial charge in [-0.3, -0.25) is 9.48 Å². The molecule has 7 heteroatoms. The maximum absolute atomic E-state index is 12.6. The van der Waals surface area contributed by atoms with Gasteiger partial charge in [-0.05, 0) is 63.3 Å². The Kier molecular flexibility index (Phi) is 8.31. The highest BCUT2D eigenvalue weighted by Gasteiger charge is 2.16. The molecular weight excluding hydrogens is 436 g/mol. The smallest absolute Gasteiger partial charge is 0.244 e. The first kappa shape index (κ1) is 24.6. The number of nitrogens with one attached hydrogen (secondary N) is 1. The van der Waals surface area contributed by atoms with Crippen molar-refractivity contribution >= 4 is 23.6 Å². The first-order valence-corrected chi connectivity index (χ1v) is 11.2. The van der Waals surface area contributed by atoms with Gasteiger partial charge in [-0.25, -0.2) is 0 Å². The van der Waals surface area contributed by atoms with E-state index >= 15 is 0 Å². The highest BCUT2D eigenvalue weighted by Crippen LogP contribution is 2.23. The summed E-state index contributed by atoms with van der Waals surface area (Å²) >= 11 is 6.30. The third-order valence-corrected chi connectivity index (χ3v) is 6.06. The van der Waals surface area contributed by atoms with Crippen LogP contribution in [-0.4, -0.2) is 48.3 Å². The summed E-state index contributed by atoms with van der Waals surface area (Å²) in [6.07, 6.45) is 3.39. The van der Waals surface area contributed by atoms with E-state index in [-0.39, 0.29) is 11.9 Å². The molecule has 0 aliphatic heterocycles. The number of likely N-dealkylation sites (N-methyl/N-ethyl adjacent to an activating group) is 1. The number of halogens is 1. The Balaban J connectivity index is 1.67. The number of amides is 1. The number of nitrogens with zero attached hydrogens (tertiary/aromatic N) is 3. The van der Waals surface area contributed by atoms with Crippen LogP contribution in [0.15, 0.2) is 54.6 Å². The Morgan fingerprint density at radius 1 is 1.21 bits per heavy atom. The van der Waals surface area contributed by atoms with E-state index in [0.717, 1.165) is 33.8 Å². The van der Waals surface area contributed by atoms with Crippen LogP contribution in [-0.2, 0) is 11.3 Å². The number of aryl methyl sites for hydroxylation is 1. The molecule has 0 saturated carbocycles. The molecule has 0 aliphatic carbocycles. The summed E-state index contributed by atoms with van der Waals surface area (Å²) < 4.78 is 7.25. The van der Waals surface area contributed by atoms with Crippen molar-refractivity contribution in [3.05, 3.63) is 87.7 Å². The van der Waals surface area contributed by atoms with Crippen LogP contribution in [0.25, 0.3) is 6.08 Å². The molecule has 1 heterocycles. The third-order valence-electron chi connectivity index (χ3n) is 5.69. The van der Waals surface area contributed by atoms with Gasteiger partial charge in [0.1, 0.15) is 5.75 Å². The van der Waals surface area contributed by atoms with E-state index in [9.17, 15) is 4.79 Å². The van der Waals surface area contributed by atoms with E-state index in [2.05, 4.69) is 15.3 Å². The zero-order valence-electron chi connectivity index (χ0n) is 19.8. The molecular formula is C26H31ClN4O2. The van der Waals surface area contributed by atoms with Crippen LogP contribution < -0.4 is 10.1 Å². The SMILES string of the molecule is COc1cccc(C(CNC(=O)C=Cc2c(C)nn(Cc3ccccc3Cl)c2C)N(C)C)c1. The summed E-state index contributed by atoms with van der Waals surface area (Å²) in [6, 6.07) is 15.7. The van der Waals surface area contributed by atoms with E-state index in [4.69, 9.17) is 16.3 Å². The van der Waals surface area contributed by atoms with Crippen molar-refractivity contribution in [2.75, 3.05) is 27.7 Å². The monoisotopic (exact) mass is 466 g/mol. The van der Waals surface area contributed by atoms with Gasteiger partial charge in [0, 0.05) is 28.9 Å². The summed E-state index contributed by atoms with van der Waals surface area (Å²) in [5, 5.41) is 8.36. The molecule has 1 amide bonds. The molecule has 6 nitrogen and oxygen atoms in total. The molecule has 0 bridgehead atoms. The van der Waals surface area contributed by atoms with Gasteiger partial charge in [-0.15, -0.1) is 0 Å². The fourth-order valence-corrected chi connectivity index (χ4v) is 3.95. The molecule has 0 aliphatic rings. The van der Waals surface area contributed by atoms with E-state index in [1.54, 1.807) is 13.2 Å². The van der Waals surface area contributed by atoms with Gasteiger partial charge in [0.15, 0.2) is 0 Å². The number of hydrogen-bond donors (Lipinski definition) is 1. The third kappa shape index (κ3) is 6.24. The predicted molar refractivity (Wildman–Crippen MR) is 134 cm³/mol. The maximum atomic E-state index is 12.6. The summed E-state index contributed by atoms with van der Waals surface area (Å²) in [7, 11) is 5.63. The first-order chi connectivity index (χ1) is 15.8. The van der Waals surface area contributed by atoms with Gasteiger partial charge in [-0.2, -0.15) is 5.10 Å². The van der Waals surface area contributed by atoms with Gasteiger partial charge in [-0.1, -0.05) is 41.9 Å². The average molecular weight is 467 g/mol. The lowest BCUT2D eigenvalue weighted by Gasteiger charge is -2.25. The summed E-state index contributed by atoms with van der Waals surface area (Å²) in [5.41, 5.74) is 4.88. The second-order valence-electron chi connectivity index (χ2n) is 8.17. The molecule has 3 aromatic rings. The van der Waals surface area contributed by atoms with Crippen molar-refractivity contribution in [3.8, 4) is 5.75 Å². The molecule has 0 radical (unpaired) electrons. The van der Waals surface area contributed by atoms with Gasteiger partial charge in [0.2, 0.25) is 5.91 Å². The van der Waals surface area contributed by atoms with Crippen molar-refractivity contribution in [1.82, 2.24) is 20.0 Å². The zero-order valence-corrected chi connectivity index (χ0v) is 20.6. The quantitative estimate of drug-likeness (QED) is 0.466. The van der Waals surface area contributed by atoms with Crippen LogP contribution in [0.1, 0.15) is 34.1 Å². The fourth-order valence-electron chi connectivity index (χ4n) is 3.76. The van der Waals surface area contributed by atoms with Gasteiger partial charge in [0.05, 0.1) is 25.4 Å². The standard InChI is InChI=1S/C26H31ClN4O2/c1-18-23(19(2)31(29-18)17-21-9-6-7-12-24(21)27)13-14-26(32)28-16-25(30(3)4)20-10-8-11-22(15-20)33-5/h6-15,25H,16-17H2,1-5H3,(H,28,32). The Labute approximate surface area is 200 Å². The molecule has 0 saturated heterocycles. The van der Waals surface area contributed by atoms with Crippen molar-refractivity contribution < 1.29 is 9.53 Å². The van der Waals surface area contributed by atoms with Crippen LogP contribution in [0.3, 0.4) is 0 Å². The van der Waals surface area contributed by atoms with E-state index in [1.807, 2.05) is 87.2 Å². The number of carbonyl (C=O) groups is 1. The number of carbonyl (C=O) groups excluding carboxylic acids is 1. The Morgan fingerprint density at radius 3 is 2.67 bits per heavy atom. The van der Waals surface area contributed by atoms with Crippen molar-refractivity contribution in [2.45, 2.75) is 26.4 Å². The molecule has 0 spiro atoms. The van der Waals surface area contributed by atoms with Crippen LogP contribution in [0.5, 0.6) is 5.75 Å². The van der Waals surface area contributed by atoms with Crippen LogP contribution >= 0.6 is 11.6 Å². The Hall–Kier alpha value is -3.09. The molecule has 1 atom stereocenters. The molecule has 0 fully saturated rings. The van der Waals surface area contributed by atoms with E-state index < -0.39 is 0 Å². The van der Waals surface area contributed by atoms with Crippen molar-refractivity contribution in [1.29, 1.82) is 0 Å². The fraction of sp³-hybridized carbons (Fsp3) is 0.308. The average Bonchev–Trinajstić information content (AvgIpc) is 3.06. The minimum Gasteiger partial charge on any atom is -0.497 e. The minimum absolute atomic E-state index is 0.0271. The predicted octanol–water partition coefficient (Wildman–Crippen LogP) is 4.64. The number of hydrogen-bond acceptors (Lipinski definition) is 4. The Bertz CT molecular complexity index is 1140. The summed E-state index contributed by atoms with van der Waals surface area (Å²) in [4.78, 5) is 14.7. The number of methoxy groups -OCH3 is 1. The lowest BCUT2D eigenvalue weighted by Crippen LogP contribution is -2.33. The zero-order chi connectivity index (χ0) is 24.0. The van der Waals surface area contributed by atoms with E-state index in [1.165, 1.54) is 0 Å². The lowest BCUT2D eigenvalue weighted by atomic mass is 10.1. The van der Waals surface area contributed by atoms with Crippen LogP contribution in [0.4, 0.5) is 0 Å². The highest BCUT2D eigenvalue weighted by atomic mass is 35.5. The number of aromatic nitrogens is 2. The largest absolute Gasteiger partial charge is 0.497 e. The Morgan fingerprint density at radius 2 is 1.97 bits per heavy atom. The number of ether oxygens (including phenoxy) is 1. The van der Waals surface area contributed by atoms with Crippen molar-refractivity contribution in [2.24, 2.45) is 0 Å². The van der Waals surface area contributed by atoms with E-state index in [0.29, 0.717) is 18.1 Å². The second kappa shape index (κ2) is 11.2. The summed E-state index contributed by atoms with van der Waals surface area (Å²) in [6.45, 7) is 5.00. The lowest BCUT2D eigenvalue weighted by molar-refractivity contribution is -0.116. The second-order valence-corrected chi connectivity index (χ2v) is 8.58. The molecule has 1 aromatic heterocycles. The molecule has 3 rings (SSSR count). The first-order valence-electron chi connectivity index (χ1n) is 10.8. The van der Waals surface area contributed by atoms with Gasteiger partial charge < -0.3 is 15.0 Å². The van der Waals surface area contributed by atoms with Gasteiger partial charge >= 0.3 is 0 Å². The van der Waals surface area contributed by atoms with Crippen LogP contribution in [0.2, 0.25) is 5.02 Å². The highest BCUT2D eigenvalue weighted by molar-refractivity contribution is 6.31. The number of benzene rings is 2. The van der Waals surface area contributed by atoms with Crippen molar-refractivity contribution in [3.63, 3.8) is 0 Å². The molecule has 2 aromatic carbocycles. The molecule has 1 unspecified atom stereocenters. The molecule has 33 heavy (non-hydrogen) atoms. The number of rotatable bonds is 9. The summed E-state index contributed by atoms with van der Waals surface area (Å²) in [5.74, 6) is 0.646. The van der Waals surface area contributed by atoms with Gasteiger partial charge in [0.25, 0.3) is 0 Å². The normalized spacial score (nSPS) is 12.3. The minimum atomic E-state index is -0.151. The maximum Gasteiger partial charge on any atom is 0.244 e. The topological polar surface area (TPSA) is 59.4 Å².